The number of aliphatic hydroxyl groups excluding tert-OH is 1. The monoisotopic (exact) mass is 158 g/mol. The van der Waals surface area contributed by atoms with Crippen LogP contribution in [0.15, 0.2) is 0 Å². The minimum atomic E-state index is 0. The van der Waals surface area contributed by atoms with Crippen LogP contribution in [0.25, 0.3) is 0 Å². The summed E-state index contributed by atoms with van der Waals surface area (Å²) in [7, 11) is 0. The molecule has 0 aliphatic rings. The fourth-order valence-electron chi connectivity index (χ4n) is 0. The molecule has 0 aromatic rings. The second-order valence-electron chi connectivity index (χ2n) is 0.0913. The second-order valence-corrected chi connectivity index (χ2v) is 0.0913. The molecule has 0 heterocycles. The predicted molar refractivity (Wildman–Crippen MR) is 22.5 cm³/mol. The third-order valence-electron chi connectivity index (χ3n) is 0. The molecule has 7 heavy (non-hydrogen) atoms. The van der Waals surface area contributed by atoms with E-state index in [1.807, 2.05) is 0 Å². The van der Waals surface area contributed by atoms with Crippen LogP contribution in [0.1, 0.15) is 0 Å². The van der Waals surface area contributed by atoms with E-state index < -0.39 is 0 Å². The molecule has 0 rings (SSSR count). The molecular formula is CH2Ca2O4. The van der Waals surface area contributed by atoms with Gasteiger partial charge in [-0.3, -0.25) is 0 Å². The van der Waals surface area contributed by atoms with Crippen LogP contribution in [-0.4, -0.2) is 90.7 Å². The summed E-state index contributed by atoms with van der Waals surface area (Å²) in [5, 5.41) is 6.76. The van der Waals surface area contributed by atoms with E-state index in [1.54, 1.807) is 0 Å². The van der Waals surface area contributed by atoms with Gasteiger partial charge in [0.05, 0.1) is 0 Å². The third-order valence-corrected chi connectivity index (χ3v) is 0. The maximum atomic E-state index is 8.38. The minimum absolute atomic E-state index is 0. The SMILES string of the molecule is O=[C-]O.[Ca+2].[OH-].[O]=[Ca]. The Balaban J connectivity index is -0.0000000105. The quantitative estimate of drug-likeness (QED) is 0.345. The summed E-state index contributed by atoms with van der Waals surface area (Å²) in [5.41, 5.74) is 0. The molecule has 0 aromatic heterocycles. The van der Waals surface area contributed by atoms with Crippen molar-refractivity contribution in [2.75, 3.05) is 0 Å². The van der Waals surface area contributed by atoms with Crippen molar-refractivity contribution in [3.63, 3.8) is 0 Å². The Morgan fingerprint density at radius 2 is 1.43 bits per heavy atom. The number of hydrogen-bond donors (Lipinski definition) is 1. The first-order chi connectivity index (χ1) is 2.41. The third kappa shape index (κ3) is 83.7. The molecule has 0 amide bonds. The van der Waals surface area contributed by atoms with Gasteiger partial charge in [0.1, 0.15) is 0 Å². The van der Waals surface area contributed by atoms with E-state index in [2.05, 4.69) is 0 Å². The second kappa shape index (κ2) is 46.7. The Bertz CT molecular complexity index is 23.7. The molecule has 4 nitrogen and oxygen atoms in total. The molecule has 2 N–H and O–H groups in total. The summed E-state index contributed by atoms with van der Waals surface area (Å²) in [4.78, 5) is 8.24. The summed E-state index contributed by atoms with van der Waals surface area (Å²) in [5.74, 6) is 0. The Morgan fingerprint density at radius 1 is 1.43 bits per heavy atom. The van der Waals surface area contributed by atoms with Gasteiger partial charge in [0.15, 0.2) is 0 Å². The molecule has 0 fully saturated rings. The van der Waals surface area contributed by atoms with Crippen molar-refractivity contribution < 1.29 is 16.8 Å². The summed E-state index contributed by atoms with van der Waals surface area (Å²) >= 11 is 0.125. The van der Waals surface area contributed by atoms with E-state index in [0.29, 0.717) is 6.47 Å². The zero-order valence-corrected chi connectivity index (χ0v) is 8.04. The van der Waals surface area contributed by atoms with Crippen molar-refractivity contribution in [2.24, 2.45) is 0 Å². The molecule has 0 aromatic carbocycles. The van der Waals surface area contributed by atoms with Crippen LogP contribution < -0.4 is 0 Å². The van der Waals surface area contributed by atoms with Crippen LogP contribution in [0.4, 0.5) is 0 Å². The fourth-order valence-corrected chi connectivity index (χ4v) is 0. The van der Waals surface area contributed by atoms with E-state index >= 15 is 0 Å². The normalized spacial score (nSPS) is 2.57. The van der Waals surface area contributed by atoms with Crippen LogP contribution in [0, 0.1) is 0 Å². The van der Waals surface area contributed by atoms with E-state index in [-0.39, 0.29) is 79.1 Å². The molecule has 0 saturated carbocycles. The van der Waals surface area contributed by atoms with Crippen molar-refractivity contribution in [3.05, 3.63) is 0 Å². The van der Waals surface area contributed by atoms with Gasteiger partial charge >= 0.3 is 75.1 Å². The molecular weight excluding hydrogens is 156 g/mol. The van der Waals surface area contributed by atoms with Crippen LogP contribution in [-0.2, 0) is 6.23 Å². The average molecular weight is 158 g/mol. The molecule has 0 radical (unpaired) electrons. The topological polar surface area (TPSA) is 84.4 Å². The van der Waals surface area contributed by atoms with Crippen molar-refractivity contribution in [1.29, 1.82) is 0 Å². The Hall–Kier alpha value is 1.75. The first kappa shape index (κ1) is 23.3. The zero-order valence-electron chi connectivity index (χ0n) is 3.63. The van der Waals surface area contributed by atoms with E-state index in [4.69, 9.17) is 11.3 Å². The van der Waals surface area contributed by atoms with Crippen molar-refractivity contribution in [1.82, 2.24) is 0 Å². The molecule has 0 aliphatic carbocycles. The number of rotatable bonds is 0. The summed E-state index contributed by atoms with van der Waals surface area (Å²) in [6, 6.07) is 0. The van der Waals surface area contributed by atoms with E-state index in [9.17, 15) is 0 Å². The van der Waals surface area contributed by atoms with Crippen LogP contribution in [0.5, 0.6) is 0 Å². The van der Waals surface area contributed by atoms with Gasteiger partial charge in [0.2, 0.25) is 0 Å². The van der Waals surface area contributed by atoms with Gasteiger partial charge in [0, 0.05) is 0 Å². The van der Waals surface area contributed by atoms with Gasteiger partial charge < -0.3 is 15.4 Å². The molecule has 6 heteroatoms. The number of hydrogen-bond acceptors (Lipinski definition) is 3. The van der Waals surface area contributed by atoms with Gasteiger partial charge in [-0.1, -0.05) is 6.47 Å². The zero-order chi connectivity index (χ0) is 4.71. The van der Waals surface area contributed by atoms with Gasteiger partial charge in [-0.2, -0.15) is 0 Å². The standard InChI is InChI=1S/CHO2.2Ca.H2O.O/c2-1-3;;;;/h(H,2,3);;;1H2;/q-1;;+2;;/p-1. The van der Waals surface area contributed by atoms with Crippen LogP contribution in [0.3, 0.4) is 0 Å². The molecule has 0 spiro atoms. The fraction of sp³-hybridized carbons (Fsp3) is 0. The average Bonchev–Trinajstić information content (AvgIpc) is 1.46. The first-order valence-corrected chi connectivity index (χ1v) is 1.62. The first-order valence-electron chi connectivity index (χ1n) is 0.716. The predicted octanol–water partition coefficient (Wildman–Crippen LogP) is -1.45. The molecule has 0 saturated heterocycles. The van der Waals surface area contributed by atoms with E-state index in [1.165, 1.54) is 0 Å². The molecule has 0 unspecified atom stereocenters. The molecule has 0 atom stereocenters. The summed E-state index contributed by atoms with van der Waals surface area (Å²) in [6.45, 7) is 0.500. The molecule has 0 aliphatic heterocycles. The van der Waals surface area contributed by atoms with Gasteiger partial charge in [-0.05, 0) is 0 Å². The summed E-state index contributed by atoms with van der Waals surface area (Å²) in [6.07, 6.45) is 0. The van der Waals surface area contributed by atoms with Crippen LogP contribution >= 0.6 is 0 Å². The Labute approximate surface area is 95.0 Å². The molecule has 0 bridgehead atoms. The van der Waals surface area contributed by atoms with Gasteiger partial charge in [0.25, 0.3) is 0 Å². The van der Waals surface area contributed by atoms with Crippen molar-refractivity contribution in [3.8, 4) is 0 Å². The van der Waals surface area contributed by atoms with Gasteiger partial charge in [-0.15, -0.1) is 0 Å². The van der Waals surface area contributed by atoms with Crippen molar-refractivity contribution >= 4 is 80.1 Å². The van der Waals surface area contributed by atoms with Crippen LogP contribution in [0.2, 0.25) is 0 Å². The summed E-state index contributed by atoms with van der Waals surface area (Å²) < 4.78 is 8.38. The van der Waals surface area contributed by atoms with E-state index in [0.717, 1.165) is 0 Å². The molecule has 34 valence electrons. The maximum absolute atomic E-state index is 8.38. The van der Waals surface area contributed by atoms with Crippen molar-refractivity contribution in [2.45, 2.75) is 0 Å². The Kier molecular flexibility index (Phi) is 155. The Morgan fingerprint density at radius 3 is 1.43 bits per heavy atom. The van der Waals surface area contributed by atoms with Gasteiger partial charge in [-0.25, -0.2) is 0 Å².